The number of benzene rings is 1. The van der Waals surface area contributed by atoms with Crippen molar-refractivity contribution >= 4 is 40.8 Å². The number of hydrogen-bond donors (Lipinski definition) is 1. The normalized spacial score (nSPS) is 17.7. The predicted molar refractivity (Wildman–Crippen MR) is 197 cm³/mol. The van der Waals surface area contributed by atoms with Crippen molar-refractivity contribution in [2.75, 3.05) is 90.2 Å². The average Bonchev–Trinajstić information content (AvgIpc) is 3.80. The van der Waals surface area contributed by atoms with Crippen LogP contribution in [0.3, 0.4) is 0 Å². The van der Waals surface area contributed by atoms with Gasteiger partial charge in [-0.15, -0.1) is 11.8 Å². The van der Waals surface area contributed by atoms with Crippen LogP contribution in [-0.4, -0.2) is 153 Å². The second-order valence-corrected chi connectivity index (χ2v) is 14.5. The minimum atomic E-state index is -3.09. The number of hydrogen-bond acceptors (Lipinski definition) is 11. The molecule has 6 heterocycles. The number of alkyl halides is 2. The zero-order valence-corrected chi connectivity index (χ0v) is 30.9. The maximum Gasteiger partial charge on any atom is 0.387 e. The van der Waals surface area contributed by atoms with E-state index in [4.69, 9.17) is 9.47 Å². The van der Waals surface area contributed by atoms with Gasteiger partial charge in [-0.25, -0.2) is 9.50 Å². The van der Waals surface area contributed by atoms with Crippen LogP contribution in [-0.2, 0) is 20.9 Å². The average molecular weight is 767 g/mol. The zero-order valence-electron chi connectivity index (χ0n) is 30.1. The third kappa shape index (κ3) is 8.99. The zero-order chi connectivity index (χ0) is 37.6. The molecule has 3 saturated heterocycles. The van der Waals surface area contributed by atoms with Crippen molar-refractivity contribution < 1.29 is 32.6 Å². The molecule has 0 bridgehead atoms. The van der Waals surface area contributed by atoms with E-state index in [9.17, 15) is 23.2 Å². The number of piperidine rings is 1. The van der Waals surface area contributed by atoms with E-state index >= 15 is 0 Å². The number of carbonyl (C=O) groups is 3. The lowest BCUT2D eigenvalue weighted by Gasteiger charge is -2.39. The van der Waals surface area contributed by atoms with Gasteiger partial charge in [-0.2, -0.15) is 19.0 Å². The highest BCUT2D eigenvalue weighted by molar-refractivity contribution is 7.98. The van der Waals surface area contributed by atoms with Crippen LogP contribution >= 0.6 is 11.8 Å². The smallest absolute Gasteiger partial charge is 0.387 e. The van der Waals surface area contributed by atoms with E-state index < -0.39 is 12.5 Å². The molecule has 0 aliphatic carbocycles. The largest absolute Gasteiger partial charge is 0.434 e. The first kappa shape index (κ1) is 37.7. The molecule has 0 unspecified atom stereocenters. The molecule has 1 aromatic carbocycles. The Hall–Kier alpha value is -4.65. The van der Waals surface area contributed by atoms with E-state index in [1.807, 2.05) is 11.2 Å². The number of rotatable bonds is 12. The van der Waals surface area contributed by atoms with Crippen molar-refractivity contribution in [2.24, 2.45) is 5.92 Å². The summed E-state index contributed by atoms with van der Waals surface area (Å²) in [7, 11) is 0. The molecule has 0 spiro atoms. The second-order valence-electron chi connectivity index (χ2n) is 13.6. The summed E-state index contributed by atoms with van der Waals surface area (Å²) in [6.07, 6.45) is 10.1. The second kappa shape index (κ2) is 17.2. The lowest BCUT2D eigenvalue weighted by atomic mass is 9.96. The van der Waals surface area contributed by atoms with Crippen molar-refractivity contribution in [3.05, 3.63) is 54.6 Å². The highest BCUT2D eigenvalue weighted by Crippen LogP contribution is 2.38. The van der Waals surface area contributed by atoms with Gasteiger partial charge in [0.15, 0.2) is 5.65 Å². The third-order valence-corrected chi connectivity index (χ3v) is 10.9. The molecule has 3 aliphatic rings. The number of nitrogens with one attached hydrogen (secondary N) is 1. The minimum absolute atomic E-state index is 0.115. The lowest BCUT2D eigenvalue weighted by molar-refractivity contribution is -0.137. The Balaban J connectivity index is 0.983. The number of anilines is 1. The lowest BCUT2D eigenvalue weighted by Crippen LogP contribution is -2.51. The molecule has 15 nitrogen and oxygen atoms in total. The number of aromatic nitrogens is 5. The number of amides is 3. The van der Waals surface area contributed by atoms with Crippen LogP contribution in [0.5, 0.6) is 5.75 Å². The number of thioether (sulfide) groups is 1. The first-order valence-electron chi connectivity index (χ1n) is 18.1. The topological polar surface area (TPSA) is 143 Å². The fourth-order valence-electron chi connectivity index (χ4n) is 7.20. The number of fused-ring (bicyclic) bond motifs is 1. The molecule has 7 rings (SSSR count). The Kier molecular flexibility index (Phi) is 12.0. The Morgan fingerprint density at radius 3 is 2.46 bits per heavy atom. The summed E-state index contributed by atoms with van der Waals surface area (Å²) < 4.78 is 40.1. The van der Waals surface area contributed by atoms with Gasteiger partial charge in [0.25, 0.3) is 5.91 Å². The van der Waals surface area contributed by atoms with Crippen LogP contribution in [0.25, 0.3) is 16.9 Å². The molecule has 0 atom stereocenters. The van der Waals surface area contributed by atoms with E-state index in [0.29, 0.717) is 57.5 Å². The highest BCUT2D eigenvalue weighted by atomic mass is 32.2. The maximum absolute atomic E-state index is 13.6. The molecule has 3 aromatic heterocycles. The highest BCUT2D eigenvalue weighted by Gasteiger charge is 2.29. The number of halogens is 2. The minimum Gasteiger partial charge on any atom is -0.434 e. The molecule has 4 aromatic rings. The summed E-state index contributed by atoms with van der Waals surface area (Å²) in [5.41, 5.74) is 1.17. The maximum atomic E-state index is 13.6. The van der Waals surface area contributed by atoms with E-state index in [1.54, 1.807) is 35.5 Å². The number of piperazine rings is 1. The summed E-state index contributed by atoms with van der Waals surface area (Å²) in [6, 6.07) is 6.45. The first-order valence-corrected chi connectivity index (χ1v) is 19.3. The van der Waals surface area contributed by atoms with E-state index in [1.165, 1.54) is 39.4 Å². The molecular weight excluding hydrogens is 723 g/mol. The summed E-state index contributed by atoms with van der Waals surface area (Å²) in [6.45, 7) is 5.20. The fraction of sp³-hybridized carbons (Fsp3) is 0.500. The summed E-state index contributed by atoms with van der Waals surface area (Å²) in [4.78, 5) is 53.2. The molecule has 0 saturated carbocycles. The van der Waals surface area contributed by atoms with Crippen LogP contribution < -0.4 is 10.1 Å². The first-order chi connectivity index (χ1) is 26.2. The van der Waals surface area contributed by atoms with Gasteiger partial charge >= 0.3 is 6.61 Å². The Bertz CT molecular complexity index is 1940. The Labute approximate surface area is 315 Å². The monoisotopic (exact) mass is 766 g/mol. The van der Waals surface area contributed by atoms with E-state index in [2.05, 4.69) is 30.3 Å². The van der Waals surface area contributed by atoms with Gasteiger partial charge in [-0.3, -0.25) is 28.9 Å². The van der Waals surface area contributed by atoms with Gasteiger partial charge in [-0.05, 0) is 62.4 Å². The van der Waals surface area contributed by atoms with Crippen molar-refractivity contribution in [1.82, 2.24) is 44.0 Å². The van der Waals surface area contributed by atoms with Crippen LogP contribution in [0.2, 0.25) is 0 Å². The van der Waals surface area contributed by atoms with Gasteiger partial charge in [0.05, 0.1) is 31.6 Å². The molecule has 3 amide bonds. The molecule has 54 heavy (non-hydrogen) atoms. The SMILES string of the molecule is CSc1ccc(OC(F)F)c(-c2nn(CC(=O)N3CCN(CC4CCN(CC(=O)N5CCOCC5)CC4)CC3)cc2NC(=O)c2cnn3cccnc23)c1. The number of morpholine rings is 1. The van der Waals surface area contributed by atoms with Gasteiger partial charge < -0.3 is 24.6 Å². The van der Waals surface area contributed by atoms with Crippen LogP contribution in [0, 0.1) is 5.92 Å². The molecule has 3 fully saturated rings. The predicted octanol–water partition coefficient (Wildman–Crippen LogP) is 2.88. The number of nitrogens with zero attached hydrogens (tertiary/aromatic N) is 9. The molecule has 18 heteroatoms. The standard InChI is InChI=1S/C36H44F2N10O5S/c1-54-26-3-4-30(53-36(37)38)27(19-26)33-29(41-35(51)28-20-40-48-8-2-7-39-34(28)48)22-47(42-33)24-32(50)45-13-11-44(12-14-45)21-25-5-9-43(10-6-25)23-31(49)46-15-17-52-18-16-46/h2-4,7-8,19-20,22,25,36H,5-6,9-18,21,23-24H2,1H3,(H,41,51). The Morgan fingerprint density at radius 1 is 0.981 bits per heavy atom. The summed E-state index contributed by atoms with van der Waals surface area (Å²) in [5, 5.41) is 11.7. The van der Waals surface area contributed by atoms with Crippen molar-refractivity contribution in [2.45, 2.75) is 30.9 Å². The number of ether oxygens (including phenoxy) is 2. The van der Waals surface area contributed by atoms with Crippen molar-refractivity contribution in [3.8, 4) is 17.0 Å². The van der Waals surface area contributed by atoms with Crippen LogP contribution in [0.1, 0.15) is 23.2 Å². The summed E-state index contributed by atoms with van der Waals surface area (Å²) >= 11 is 1.41. The van der Waals surface area contributed by atoms with Crippen molar-refractivity contribution in [3.63, 3.8) is 0 Å². The Morgan fingerprint density at radius 2 is 1.72 bits per heavy atom. The molecule has 1 N–H and O–H groups in total. The number of likely N-dealkylation sites (tertiary alicyclic amines) is 1. The van der Waals surface area contributed by atoms with Gasteiger partial charge in [0.2, 0.25) is 11.8 Å². The number of carbonyl (C=O) groups excluding carboxylic acids is 3. The molecular formula is C36H44F2N10O5S. The fourth-order valence-corrected chi connectivity index (χ4v) is 7.64. The van der Waals surface area contributed by atoms with Crippen molar-refractivity contribution in [1.29, 1.82) is 0 Å². The van der Waals surface area contributed by atoms with E-state index in [0.717, 1.165) is 50.5 Å². The molecule has 0 radical (unpaired) electrons. The van der Waals surface area contributed by atoms with Crippen LogP contribution in [0.4, 0.5) is 14.5 Å². The van der Waals surface area contributed by atoms with Crippen LogP contribution in [0.15, 0.2) is 53.9 Å². The molecule has 288 valence electrons. The summed E-state index contributed by atoms with van der Waals surface area (Å²) in [5.74, 6) is -0.0693. The van der Waals surface area contributed by atoms with Gasteiger partial charge in [0.1, 0.15) is 23.6 Å². The van der Waals surface area contributed by atoms with Gasteiger partial charge in [-0.1, -0.05) is 0 Å². The van der Waals surface area contributed by atoms with E-state index in [-0.39, 0.29) is 46.6 Å². The third-order valence-electron chi connectivity index (χ3n) is 10.2. The van der Waals surface area contributed by atoms with Gasteiger partial charge in [0, 0.05) is 74.9 Å². The molecule has 3 aliphatic heterocycles. The quantitative estimate of drug-likeness (QED) is 0.213.